The third-order valence-electron chi connectivity index (χ3n) is 2.91. The molecule has 1 amide bonds. The van der Waals surface area contributed by atoms with E-state index in [-0.39, 0.29) is 12.8 Å². The zero-order valence-electron chi connectivity index (χ0n) is 10.4. The Kier molecular flexibility index (Phi) is 2.83. The van der Waals surface area contributed by atoms with Crippen LogP contribution in [0.5, 0.6) is 11.5 Å². The second-order valence-corrected chi connectivity index (χ2v) is 4.30. The summed E-state index contributed by atoms with van der Waals surface area (Å²) in [6.45, 7) is 0.746. The Bertz CT molecular complexity index is 595. The number of fused-ring (bicyclic) bond motifs is 1. The minimum Gasteiger partial charge on any atom is -0.454 e. The molecule has 0 aliphatic carbocycles. The van der Waals surface area contributed by atoms with Crippen LogP contribution in [0.25, 0.3) is 0 Å². The van der Waals surface area contributed by atoms with E-state index in [1.54, 1.807) is 24.3 Å². The first-order valence-electron chi connectivity index (χ1n) is 5.86. The van der Waals surface area contributed by atoms with Gasteiger partial charge in [0.2, 0.25) is 6.79 Å². The van der Waals surface area contributed by atoms with Crippen LogP contribution >= 0.6 is 0 Å². The fourth-order valence-electron chi connectivity index (χ4n) is 1.95. The van der Waals surface area contributed by atoms with Crippen molar-refractivity contribution in [3.8, 4) is 11.5 Å². The van der Waals surface area contributed by atoms with Crippen LogP contribution in [0.4, 0.5) is 4.79 Å². The highest BCUT2D eigenvalue weighted by Gasteiger charge is 2.15. The number of hydrogen-bond donors (Lipinski definition) is 0. The predicted molar refractivity (Wildman–Crippen MR) is 67.1 cm³/mol. The predicted octanol–water partition coefficient (Wildman–Crippen LogP) is 1.71. The number of carbonyl (C=O) groups excluding carboxylic acids is 1. The Morgan fingerprint density at radius 1 is 1.42 bits per heavy atom. The summed E-state index contributed by atoms with van der Waals surface area (Å²) >= 11 is 0. The van der Waals surface area contributed by atoms with Crippen LogP contribution in [0.15, 0.2) is 36.9 Å². The first kappa shape index (κ1) is 11.6. The third kappa shape index (κ3) is 2.24. The van der Waals surface area contributed by atoms with Gasteiger partial charge in [-0.1, -0.05) is 6.07 Å². The minimum atomic E-state index is -0.129. The van der Waals surface area contributed by atoms with E-state index in [1.807, 2.05) is 18.2 Å². The molecule has 19 heavy (non-hydrogen) atoms. The molecule has 0 N–H and O–H groups in total. The number of hydrogen-bond acceptors (Lipinski definition) is 4. The number of carbonyl (C=O) groups is 1. The molecule has 1 aliphatic rings. The molecule has 6 nitrogen and oxygen atoms in total. The normalized spacial score (nSPS) is 12.5. The van der Waals surface area contributed by atoms with E-state index in [0.29, 0.717) is 6.54 Å². The van der Waals surface area contributed by atoms with E-state index in [2.05, 4.69) is 4.98 Å². The van der Waals surface area contributed by atoms with Gasteiger partial charge < -0.3 is 14.4 Å². The summed E-state index contributed by atoms with van der Waals surface area (Å²) in [6.07, 6.45) is 4.68. The lowest BCUT2D eigenvalue weighted by Crippen LogP contribution is -2.29. The molecular weight excluding hydrogens is 246 g/mol. The highest BCUT2D eigenvalue weighted by Crippen LogP contribution is 2.32. The molecule has 0 saturated carbocycles. The van der Waals surface area contributed by atoms with Crippen LogP contribution in [-0.4, -0.2) is 34.3 Å². The Hall–Kier alpha value is -2.50. The molecule has 2 aromatic rings. The molecule has 3 rings (SSSR count). The van der Waals surface area contributed by atoms with Gasteiger partial charge in [0.25, 0.3) is 0 Å². The maximum atomic E-state index is 12.0. The van der Waals surface area contributed by atoms with Crippen LogP contribution in [0.3, 0.4) is 0 Å². The molecule has 2 heterocycles. The first-order valence-corrected chi connectivity index (χ1v) is 5.86. The molecule has 0 spiro atoms. The van der Waals surface area contributed by atoms with Crippen molar-refractivity contribution in [3.63, 3.8) is 0 Å². The lowest BCUT2D eigenvalue weighted by Gasteiger charge is -2.17. The molecule has 0 bridgehead atoms. The van der Waals surface area contributed by atoms with Gasteiger partial charge in [0, 0.05) is 26.0 Å². The van der Waals surface area contributed by atoms with Gasteiger partial charge in [-0.2, -0.15) is 0 Å². The average Bonchev–Trinajstić information content (AvgIpc) is 3.08. The molecule has 0 fully saturated rings. The summed E-state index contributed by atoms with van der Waals surface area (Å²) in [5, 5.41) is 0. The van der Waals surface area contributed by atoms with Crippen molar-refractivity contribution in [2.45, 2.75) is 6.54 Å². The fraction of sp³-hybridized carbons (Fsp3) is 0.231. The summed E-state index contributed by atoms with van der Waals surface area (Å²) in [5.41, 5.74) is 0.986. The summed E-state index contributed by atoms with van der Waals surface area (Å²) in [4.78, 5) is 17.5. The topological polar surface area (TPSA) is 56.6 Å². The average molecular weight is 259 g/mol. The molecule has 1 aromatic heterocycles. The van der Waals surface area contributed by atoms with Crippen molar-refractivity contribution >= 4 is 6.03 Å². The number of ether oxygens (including phenoxy) is 2. The van der Waals surface area contributed by atoms with Crippen molar-refractivity contribution < 1.29 is 14.3 Å². The summed E-state index contributed by atoms with van der Waals surface area (Å²) in [7, 11) is 1.74. The Balaban J connectivity index is 1.73. The van der Waals surface area contributed by atoms with Gasteiger partial charge in [0.1, 0.15) is 6.33 Å². The van der Waals surface area contributed by atoms with Crippen molar-refractivity contribution in [1.82, 2.24) is 14.5 Å². The zero-order valence-corrected chi connectivity index (χ0v) is 10.4. The van der Waals surface area contributed by atoms with Crippen LogP contribution in [-0.2, 0) is 6.54 Å². The van der Waals surface area contributed by atoms with Gasteiger partial charge in [-0.25, -0.2) is 9.78 Å². The Morgan fingerprint density at radius 2 is 2.26 bits per heavy atom. The highest BCUT2D eigenvalue weighted by atomic mass is 16.7. The fourth-order valence-corrected chi connectivity index (χ4v) is 1.95. The first-order chi connectivity index (χ1) is 9.24. The SMILES string of the molecule is CN(Cc1ccc2c(c1)OCO2)C(=O)n1ccnc1. The van der Waals surface area contributed by atoms with E-state index >= 15 is 0 Å². The number of amides is 1. The lowest BCUT2D eigenvalue weighted by atomic mass is 10.2. The lowest BCUT2D eigenvalue weighted by molar-refractivity contribution is 0.174. The van der Waals surface area contributed by atoms with Crippen LogP contribution in [0, 0.1) is 0 Å². The molecule has 0 atom stereocenters. The second kappa shape index (κ2) is 4.64. The number of aromatic nitrogens is 2. The number of nitrogens with zero attached hydrogens (tertiary/aromatic N) is 3. The monoisotopic (exact) mass is 259 g/mol. The van der Waals surface area contributed by atoms with Crippen molar-refractivity contribution in [2.75, 3.05) is 13.8 Å². The van der Waals surface area contributed by atoms with E-state index in [4.69, 9.17) is 9.47 Å². The van der Waals surface area contributed by atoms with Gasteiger partial charge in [0.15, 0.2) is 11.5 Å². The van der Waals surface area contributed by atoms with E-state index in [1.165, 1.54) is 10.9 Å². The van der Waals surface area contributed by atoms with Crippen molar-refractivity contribution in [2.24, 2.45) is 0 Å². The summed E-state index contributed by atoms with van der Waals surface area (Å²) in [6, 6.07) is 5.54. The highest BCUT2D eigenvalue weighted by molar-refractivity contribution is 5.76. The maximum Gasteiger partial charge on any atom is 0.329 e. The Labute approximate surface area is 110 Å². The van der Waals surface area contributed by atoms with E-state index in [9.17, 15) is 4.79 Å². The zero-order chi connectivity index (χ0) is 13.2. The van der Waals surface area contributed by atoms with Crippen LogP contribution in [0.1, 0.15) is 5.56 Å². The van der Waals surface area contributed by atoms with Crippen LogP contribution in [0.2, 0.25) is 0 Å². The summed E-state index contributed by atoms with van der Waals surface area (Å²) < 4.78 is 12.0. The van der Waals surface area contributed by atoms with Gasteiger partial charge in [-0.15, -0.1) is 0 Å². The molecule has 98 valence electrons. The quantitative estimate of drug-likeness (QED) is 0.824. The molecule has 0 radical (unpaired) electrons. The minimum absolute atomic E-state index is 0.129. The van der Waals surface area contributed by atoms with E-state index < -0.39 is 0 Å². The van der Waals surface area contributed by atoms with Crippen molar-refractivity contribution in [3.05, 3.63) is 42.5 Å². The number of imidazole rings is 1. The second-order valence-electron chi connectivity index (χ2n) is 4.30. The van der Waals surface area contributed by atoms with Gasteiger partial charge in [-0.05, 0) is 17.7 Å². The molecular formula is C13H13N3O3. The van der Waals surface area contributed by atoms with Gasteiger partial charge >= 0.3 is 6.03 Å². The number of rotatable bonds is 2. The maximum absolute atomic E-state index is 12.0. The summed E-state index contributed by atoms with van der Waals surface area (Å²) in [5.74, 6) is 1.47. The molecule has 6 heteroatoms. The largest absolute Gasteiger partial charge is 0.454 e. The van der Waals surface area contributed by atoms with Crippen LogP contribution < -0.4 is 9.47 Å². The van der Waals surface area contributed by atoms with E-state index in [0.717, 1.165) is 17.1 Å². The van der Waals surface area contributed by atoms with Crippen molar-refractivity contribution in [1.29, 1.82) is 0 Å². The molecule has 1 aromatic carbocycles. The smallest absolute Gasteiger partial charge is 0.329 e. The molecule has 0 saturated heterocycles. The Morgan fingerprint density at radius 3 is 3.05 bits per heavy atom. The number of benzene rings is 1. The molecule has 1 aliphatic heterocycles. The third-order valence-corrected chi connectivity index (χ3v) is 2.91. The van der Waals surface area contributed by atoms with Gasteiger partial charge in [-0.3, -0.25) is 4.57 Å². The molecule has 0 unspecified atom stereocenters. The standard InChI is InChI=1S/C13H13N3O3/c1-15(13(17)16-5-4-14-8-16)7-10-2-3-11-12(6-10)19-9-18-11/h2-6,8H,7,9H2,1H3. The van der Waals surface area contributed by atoms with Gasteiger partial charge in [0.05, 0.1) is 0 Å².